The summed E-state index contributed by atoms with van der Waals surface area (Å²) in [6.07, 6.45) is -5.27. The second-order valence-electron chi connectivity index (χ2n) is 4.17. The molecule has 0 aliphatic carbocycles. The van der Waals surface area contributed by atoms with E-state index in [4.69, 9.17) is 16.3 Å². The molecule has 18 heavy (non-hydrogen) atoms. The summed E-state index contributed by atoms with van der Waals surface area (Å²) < 4.78 is 41.0. The van der Waals surface area contributed by atoms with E-state index in [1.54, 1.807) is 6.92 Å². The summed E-state index contributed by atoms with van der Waals surface area (Å²) in [5, 5.41) is 0.204. The lowest BCUT2D eigenvalue weighted by molar-refractivity contribution is -0.139. The molecule has 1 rings (SSSR count). The SMILES string of the molecule is Cc1c(Cl)nc(C(C)C)nc1OCCC(F)(F)F. The highest BCUT2D eigenvalue weighted by molar-refractivity contribution is 6.30. The summed E-state index contributed by atoms with van der Waals surface area (Å²) in [6.45, 7) is 4.85. The van der Waals surface area contributed by atoms with Crippen LogP contribution in [0.3, 0.4) is 0 Å². The Hall–Kier alpha value is -1.04. The molecule has 1 heterocycles. The van der Waals surface area contributed by atoms with Crippen LogP contribution in [0.1, 0.15) is 37.6 Å². The second kappa shape index (κ2) is 5.73. The van der Waals surface area contributed by atoms with E-state index in [1.165, 1.54) is 0 Å². The highest BCUT2D eigenvalue weighted by Crippen LogP contribution is 2.26. The van der Waals surface area contributed by atoms with Crippen molar-refractivity contribution in [2.24, 2.45) is 0 Å². The first-order valence-electron chi connectivity index (χ1n) is 5.44. The third-order valence-electron chi connectivity index (χ3n) is 2.20. The molecule has 0 fully saturated rings. The van der Waals surface area contributed by atoms with E-state index in [0.717, 1.165) is 0 Å². The Morgan fingerprint density at radius 1 is 1.28 bits per heavy atom. The van der Waals surface area contributed by atoms with Crippen molar-refractivity contribution in [3.8, 4) is 5.88 Å². The monoisotopic (exact) mass is 282 g/mol. The lowest BCUT2D eigenvalue weighted by atomic mass is 10.2. The third-order valence-corrected chi connectivity index (χ3v) is 2.57. The van der Waals surface area contributed by atoms with Crippen LogP contribution in [-0.2, 0) is 0 Å². The fraction of sp³-hybridized carbons (Fsp3) is 0.636. The highest BCUT2D eigenvalue weighted by atomic mass is 35.5. The zero-order chi connectivity index (χ0) is 13.9. The molecule has 7 heteroatoms. The lowest BCUT2D eigenvalue weighted by Crippen LogP contribution is -2.14. The molecule has 0 bridgehead atoms. The smallest absolute Gasteiger partial charge is 0.392 e. The van der Waals surface area contributed by atoms with Gasteiger partial charge in [-0.3, -0.25) is 0 Å². The molecule has 0 amide bonds. The quantitative estimate of drug-likeness (QED) is 0.786. The fourth-order valence-electron chi connectivity index (χ4n) is 1.15. The van der Waals surface area contributed by atoms with E-state index in [9.17, 15) is 13.2 Å². The summed E-state index contributed by atoms with van der Waals surface area (Å²) in [4.78, 5) is 8.11. The van der Waals surface area contributed by atoms with Gasteiger partial charge >= 0.3 is 6.18 Å². The van der Waals surface area contributed by atoms with Crippen molar-refractivity contribution < 1.29 is 17.9 Å². The van der Waals surface area contributed by atoms with Gasteiger partial charge in [0.1, 0.15) is 11.0 Å². The van der Waals surface area contributed by atoms with Gasteiger partial charge in [0.05, 0.1) is 13.0 Å². The first-order chi connectivity index (χ1) is 8.20. The molecule has 0 aliphatic rings. The highest BCUT2D eigenvalue weighted by Gasteiger charge is 2.27. The van der Waals surface area contributed by atoms with E-state index in [-0.39, 0.29) is 17.0 Å². The van der Waals surface area contributed by atoms with Crippen molar-refractivity contribution in [3.05, 3.63) is 16.5 Å². The van der Waals surface area contributed by atoms with E-state index in [1.807, 2.05) is 13.8 Å². The molecule has 1 aromatic rings. The number of halogens is 4. The molecule has 0 atom stereocenters. The number of aromatic nitrogens is 2. The minimum absolute atomic E-state index is 0.0214. The molecule has 0 saturated carbocycles. The van der Waals surface area contributed by atoms with Gasteiger partial charge in [-0.25, -0.2) is 4.98 Å². The molecule has 102 valence electrons. The molecule has 0 aromatic carbocycles. The van der Waals surface area contributed by atoms with Gasteiger partial charge in [-0.2, -0.15) is 18.2 Å². The van der Waals surface area contributed by atoms with Crippen LogP contribution in [0.15, 0.2) is 0 Å². The summed E-state index contributed by atoms with van der Waals surface area (Å²) in [5.41, 5.74) is 0.447. The van der Waals surface area contributed by atoms with Crippen molar-refractivity contribution in [2.45, 2.75) is 39.3 Å². The van der Waals surface area contributed by atoms with Crippen molar-refractivity contribution >= 4 is 11.6 Å². The van der Waals surface area contributed by atoms with Crippen LogP contribution in [-0.4, -0.2) is 22.8 Å². The zero-order valence-corrected chi connectivity index (χ0v) is 11.1. The standard InChI is InChI=1S/C11H14ClF3N2O/c1-6(2)9-16-8(12)7(3)10(17-9)18-5-4-11(13,14)15/h6H,4-5H2,1-3H3. The molecule has 0 unspecified atom stereocenters. The Labute approximate surface area is 108 Å². The number of alkyl halides is 3. The second-order valence-corrected chi connectivity index (χ2v) is 4.53. The summed E-state index contributed by atoms with van der Waals surface area (Å²) in [5.74, 6) is 0.587. The van der Waals surface area contributed by atoms with Gasteiger partial charge < -0.3 is 4.74 Å². The fourth-order valence-corrected chi connectivity index (χ4v) is 1.32. The van der Waals surface area contributed by atoms with Gasteiger partial charge in [0.2, 0.25) is 5.88 Å². The topological polar surface area (TPSA) is 35.0 Å². The Balaban J connectivity index is 2.81. The molecule has 0 N–H and O–H groups in total. The van der Waals surface area contributed by atoms with E-state index < -0.39 is 19.2 Å². The predicted octanol–water partition coefficient (Wildman–Crippen LogP) is 3.89. The average Bonchev–Trinajstić information content (AvgIpc) is 2.21. The maximum Gasteiger partial charge on any atom is 0.392 e. The largest absolute Gasteiger partial charge is 0.477 e. The predicted molar refractivity (Wildman–Crippen MR) is 62.0 cm³/mol. The normalized spacial score (nSPS) is 12.0. The molecular weight excluding hydrogens is 269 g/mol. The van der Waals surface area contributed by atoms with Crippen molar-refractivity contribution in [1.82, 2.24) is 9.97 Å². The van der Waals surface area contributed by atoms with Crippen LogP contribution in [0.2, 0.25) is 5.15 Å². The minimum atomic E-state index is -4.24. The van der Waals surface area contributed by atoms with Gasteiger partial charge in [-0.05, 0) is 6.92 Å². The molecule has 0 radical (unpaired) electrons. The van der Waals surface area contributed by atoms with E-state index in [0.29, 0.717) is 11.4 Å². The molecule has 0 spiro atoms. The third kappa shape index (κ3) is 4.33. The summed E-state index contributed by atoms with van der Waals surface area (Å²) in [6, 6.07) is 0. The number of nitrogens with zero attached hydrogens (tertiary/aromatic N) is 2. The Kier molecular flexibility index (Phi) is 4.78. The Morgan fingerprint density at radius 2 is 1.89 bits per heavy atom. The first-order valence-corrected chi connectivity index (χ1v) is 5.82. The zero-order valence-electron chi connectivity index (χ0n) is 10.3. The van der Waals surface area contributed by atoms with Crippen LogP contribution in [0.4, 0.5) is 13.2 Å². The van der Waals surface area contributed by atoms with Crippen LogP contribution >= 0.6 is 11.6 Å². The maximum absolute atomic E-state index is 12.0. The maximum atomic E-state index is 12.0. The van der Waals surface area contributed by atoms with Gasteiger partial charge in [-0.15, -0.1) is 0 Å². The summed E-state index contributed by atoms with van der Waals surface area (Å²) >= 11 is 5.88. The minimum Gasteiger partial charge on any atom is -0.477 e. The van der Waals surface area contributed by atoms with Crippen LogP contribution in [0.5, 0.6) is 5.88 Å². The van der Waals surface area contributed by atoms with E-state index in [2.05, 4.69) is 9.97 Å². The van der Waals surface area contributed by atoms with Crippen molar-refractivity contribution in [3.63, 3.8) is 0 Å². The van der Waals surface area contributed by atoms with Crippen molar-refractivity contribution in [2.75, 3.05) is 6.61 Å². The van der Waals surface area contributed by atoms with Gasteiger partial charge in [0, 0.05) is 11.5 Å². The number of hydrogen-bond acceptors (Lipinski definition) is 3. The van der Waals surface area contributed by atoms with Crippen LogP contribution in [0, 0.1) is 6.92 Å². The Morgan fingerprint density at radius 3 is 2.39 bits per heavy atom. The van der Waals surface area contributed by atoms with Crippen LogP contribution in [0.25, 0.3) is 0 Å². The number of ether oxygens (including phenoxy) is 1. The first kappa shape index (κ1) is 15.0. The van der Waals surface area contributed by atoms with E-state index >= 15 is 0 Å². The lowest BCUT2D eigenvalue weighted by Gasteiger charge is -2.13. The Bertz CT molecular complexity index is 421. The molecule has 0 saturated heterocycles. The molecule has 0 aliphatic heterocycles. The molecular formula is C11H14ClF3N2O. The van der Waals surface area contributed by atoms with Gasteiger partial charge in [0.25, 0.3) is 0 Å². The van der Waals surface area contributed by atoms with Gasteiger partial charge in [0.15, 0.2) is 0 Å². The summed E-state index contributed by atoms with van der Waals surface area (Å²) in [7, 11) is 0. The number of rotatable bonds is 4. The molecule has 3 nitrogen and oxygen atoms in total. The average molecular weight is 283 g/mol. The number of hydrogen-bond donors (Lipinski definition) is 0. The molecule has 1 aromatic heterocycles. The van der Waals surface area contributed by atoms with Gasteiger partial charge in [-0.1, -0.05) is 25.4 Å². The van der Waals surface area contributed by atoms with Crippen molar-refractivity contribution in [1.29, 1.82) is 0 Å². The van der Waals surface area contributed by atoms with Crippen LogP contribution < -0.4 is 4.74 Å².